The van der Waals surface area contributed by atoms with E-state index in [-0.39, 0.29) is 18.4 Å². The maximum Gasteiger partial charge on any atom is 0.130 e. The van der Waals surface area contributed by atoms with Crippen LogP contribution < -0.4 is 5.73 Å². The van der Waals surface area contributed by atoms with Crippen LogP contribution in [-0.2, 0) is 0 Å². The van der Waals surface area contributed by atoms with Crippen LogP contribution in [0.5, 0.6) is 5.75 Å². The number of aliphatic hydroxyl groups is 1. The van der Waals surface area contributed by atoms with Gasteiger partial charge in [-0.2, -0.15) is 0 Å². The van der Waals surface area contributed by atoms with E-state index in [0.717, 1.165) is 11.1 Å². The van der Waals surface area contributed by atoms with E-state index in [9.17, 15) is 5.11 Å². The van der Waals surface area contributed by atoms with E-state index in [2.05, 4.69) is 15.9 Å². The third kappa shape index (κ3) is 2.47. The van der Waals surface area contributed by atoms with Crippen LogP contribution in [0.1, 0.15) is 23.6 Å². The van der Waals surface area contributed by atoms with E-state index in [1.807, 2.05) is 13.0 Å². The van der Waals surface area contributed by atoms with Gasteiger partial charge in [-0.25, -0.2) is 0 Å². The van der Waals surface area contributed by atoms with Gasteiger partial charge in [-0.15, -0.1) is 0 Å². The smallest absolute Gasteiger partial charge is 0.130 e. The summed E-state index contributed by atoms with van der Waals surface area (Å²) < 4.78 is 0.662. The second kappa shape index (κ2) is 4.77. The molecule has 4 N–H and O–H groups in total. The molecule has 4 heteroatoms. The normalized spacial score (nSPS) is 12.9. The van der Waals surface area contributed by atoms with Crippen LogP contribution >= 0.6 is 15.9 Å². The first-order valence-corrected chi connectivity index (χ1v) is 5.21. The molecule has 0 fully saturated rings. The summed E-state index contributed by atoms with van der Waals surface area (Å²) in [7, 11) is 0. The monoisotopic (exact) mass is 259 g/mol. The molecule has 0 heterocycles. The number of aryl methyl sites for hydroxylation is 1. The molecule has 0 aromatic heterocycles. The molecule has 0 spiro atoms. The number of aliphatic hydroxyl groups excluding tert-OH is 1. The van der Waals surface area contributed by atoms with Crippen LogP contribution in [0.4, 0.5) is 0 Å². The Hall–Kier alpha value is -0.580. The van der Waals surface area contributed by atoms with Gasteiger partial charge in [0.15, 0.2) is 0 Å². The third-order valence-corrected chi connectivity index (χ3v) is 2.81. The molecular formula is C10H14BrNO2. The number of halogens is 1. The zero-order valence-electron chi connectivity index (χ0n) is 8.00. The highest BCUT2D eigenvalue weighted by molar-refractivity contribution is 9.10. The highest BCUT2D eigenvalue weighted by Gasteiger charge is 2.11. The lowest BCUT2D eigenvalue weighted by molar-refractivity contribution is 0.276. The summed E-state index contributed by atoms with van der Waals surface area (Å²) in [5.41, 5.74) is 7.72. The van der Waals surface area contributed by atoms with Gasteiger partial charge in [0.25, 0.3) is 0 Å². The van der Waals surface area contributed by atoms with Crippen molar-refractivity contribution < 1.29 is 10.2 Å². The van der Waals surface area contributed by atoms with Gasteiger partial charge < -0.3 is 15.9 Å². The van der Waals surface area contributed by atoms with Crippen LogP contribution in [0.3, 0.4) is 0 Å². The van der Waals surface area contributed by atoms with Gasteiger partial charge in [-0.3, -0.25) is 0 Å². The quantitative estimate of drug-likeness (QED) is 0.776. The number of benzene rings is 1. The predicted molar refractivity (Wildman–Crippen MR) is 59.2 cm³/mol. The van der Waals surface area contributed by atoms with E-state index in [1.165, 1.54) is 0 Å². The average Bonchev–Trinajstić information content (AvgIpc) is 2.11. The van der Waals surface area contributed by atoms with E-state index >= 15 is 0 Å². The fourth-order valence-electron chi connectivity index (χ4n) is 1.37. The Morgan fingerprint density at radius 2 is 2.14 bits per heavy atom. The summed E-state index contributed by atoms with van der Waals surface area (Å²) in [6.45, 7) is 1.98. The molecule has 1 rings (SSSR count). The molecule has 0 aliphatic heterocycles. The van der Waals surface area contributed by atoms with Gasteiger partial charge in [-0.1, -0.05) is 0 Å². The molecule has 1 unspecified atom stereocenters. The lowest BCUT2D eigenvalue weighted by atomic mass is 9.99. The predicted octanol–water partition coefficient (Wildman–Crippen LogP) is 1.85. The maximum atomic E-state index is 9.48. The summed E-state index contributed by atoms with van der Waals surface area (Å²) in [6.07, 6.45) is 0.502. The minimum Gasteiger partial charge on any atom is -0.507 e. The zero-order valence-corrected chi connectivity index (χ0v) is 9.58. The first kappa shape index (κ1) is 11.5. The highest BCUT2D eigenvalue weighted by atomic mass is 79.9. The summed E-state index contributed by atoms with van der Waals surface area (Å²) in [4.78, 5) is 0. The van der Waals surface area contributed by atoms with Gasteiger partial charge in [-0.05, 0) is 52.5 Å². The van der Waals surface area contributed by atoms with Gasteiger partial charge in [0.1, 0.15) is 5.75 Å². The van der Waals surface area contributed by atoms with E-state index in [1.54, 1.807) is 6.07 Å². The minimum absolute atomic E-state index is 0.0530. The van der Waals surface area contributed by atoms with E-state index in [0.29, 0.717) is 10.9 Å². The molecule has 1 aromatic rings. The van der Waals surface area contributed by atoms with Crippen LogP contribution in [0.25, 0.3) is 0 Å². The molecule has 1 atom stereocenters. The minimum atomic E-state index is -0.223. The van der Waals surface area contributed by atoms with Crippen molar-refractivity contribution in [2.24, 2.45) is 5.73 Å². The fourth-order valence-corrected chi connectivity index (χ4v) is 1.83. The Balaban J connectivity index is 3.02. The molecule has 0 saturated carbocycles. The Morgan fingerprint density at radius 3 is 2.71 bits per heavy atom. The number of phenolic OH excluding ortho intramolecular Hbond substituents is 1. The average molecular weight is 260 g/mol. The molecule has 0 amide bonds. The molecule has 0 aliphatic carbocycles. The lowest BCUT2D eigenvalue weighted by Gasteiger charge is -2.14. The Bertz CT molecular complexity index is 328. The van der Waals surface area contributed by atoms with Crippen molar-refractivity contribution in [3.8, 4) is 5.75 Å². The van der Waals surface area contributed by atoms with Crippen LogP contribution in [0.2, 0.25) is 0 Å². The Morgan fingerprint density at radius 1 is 1.50 bits per heavy atom. The number of phenols is 1. The summed E-state index contributed by atoms with van der Waals surface area (Å²) in [5.74, 6) is 0.180. The first-order valence-electron chi connectivity index (χ1n) is 4.41. The van der Waals surface area contributed by atoms with Crippen LogP contribution in [0.15, 0.2) is 16.6 Å². The summed E-state index contributed by atoms with van der Waals surface area (Å²) in [5, 5.41) is 18.2. The van der Waals surface area contributed by atoms with Gasteiger partial charge in [0.2, 0.25) is 0 Å². The largest absolute Gasteiger partial charge is 0.507 e. The SMILES string of the molecule is Cc1cc(Br)c(O)cc1C(N)CCO. The van der Waals surface area contributed by atoms with Crippen molar-refractivity contribution in [1.82, 2.24) is 0 Å². The number of hydrogen-bond acceptors (Lipinski definition) is 3. The molecule has 0 saturated heterocycles. The summed E-state index contributed by atoms with van der Waals surface area (Å²) in [6, 6.07) is 3.24. The van der Waals surface area contributed by atoms with Gasteiger partial charge in [0, 0.05) is 12.6 Å². The van der Waals surface area contributed by atoms with Crippen LogP contribution in [0, 0.1) is 6.92 Å². The second-order valence-electron chi connectivity index (χ2n) is 3.28. The number of hydrogen-bond donors (Lipinski definition) is 3. The number of rotatable bonds is 3. The molecule has 14 heavy (non-hydrogen) atoms. The van der Waals surface area contributed by atoms with Gasteiger partial charge in [0.05, 0.1) is 4.47 Å². The van der Waals surface area contributed by atoms with Crippen molar-refractivity contribution >= 4 is 15.9 Å². The Kier molecular flexibility index (Phi) is 3.92. The number of aromatic hydroxyl groups is 1. The maximum absolute atomic E-state index is 9.48. The van der Waals surface area contributed by atoms with Crippen molar-refractivity contribution in [1.29, 1.82) is 0 Å². The first-order chi connectivity index (χ1) is 6.56. The number of nitrogens with two attached hydrogens (primary N) is 1. The lowest BCUT2D eigenvalue weighted by Crippen LogP contribution is -2.13. The molecule has 0 radical (unpaired) electrons. The Labute approximate surface area is 91.7 Å². The molecule has 0 aliphatic rings. The molecule has 1 aromatic carbocycles. The molecule has 0 bridgehead atoms. The summed E-state index contributed by atoms with van der Waals surface area (Å²) >= 11 is 3.23. The highest BCUT2D eigenvalue weighted by Crippen LogP contribution is 2.30. The van der Waals surface area contributed by atoms with Crippen molar-refractivity contribution in [3.05, 3.63) is 27.7 Å². The molecule has 78 valence electrons. The van der Waals surface area contributed by atoms with Crippen molar-refractivity contribution in [3.63, 3.8) is 0 Å². The molecule has 3 nitrogen and oxygen atoms in total. The molecular weight excluding hydrogens is 246 g/mol. The third-order valence-electron chi connectivity index (χ3n) is 2.18. The second-order valence-corrected chi connectivity index (χ2v) is 4.13. The van der Waals surface area contributed by atoms with E-state index in [4.69, 9.17) is 10.8 Å². The van der Waals surface area contributed by atoms with Gasteiger partial charge >= 0.3 is 0 Å². The van der Waals surface area contributed by atoms with E-state index < -0.39 is 0 Å². The fraction of sp³-hybridized carbons (Fsp3) is 0.400. The van der Waals surface area contributed by atoms with Crippen molar-refractivity contribution in [2.45, 2.75) is 19.4 Å². The standard InChI is InChI=1S/C10H14BrNO2/c1-6-4-8(11)10(14)5-7(6)9(12)2-3-13/h4-5,9,13-14H,2-3,12H2,1H3. The van der Waals surface area contributed by atoms with Crippen LogP contribution in [-0.4, -0.2) is 16.8 Å². The topological polar surface area (TPSA) is 66.5 Å². The zero-order chi connectivity index (χ0) is 10.7. The van der Waals surface area contributed by atoms with Crippen molar-refractivity contribution in [2.75, 3.05) is 6.61 Å².